The van der Waals surface area contributed by atoms with Gasteiger partial charge in [-0.25, -0.2) is 0 Å². The lowest BCUT2D eigenvalue weighted by Gasteiger charge is -2.30. The SMILES string of the molecule is CC1(C)c2ccccc2-c2cc3c4ccccc4n(-c4cccc(-c5cccc6c5-c5ccccc5C65c6ccccc6-c6ccccc65)c4)c3cc21. The fraction of sp³-hybridized carbons (Fsp3) is 0.0769. The van der Waals surface area contributed by atoms with Crippen molar-refractivity contribution in [3.8, 4) is 50.2 Å². The van der Waals surface area contributed by atoms with Crippen molar-refractivity contribution in [1.82, 2.24) is 4.57 Å². The summed E-state index contributed by atoms with van der Waals surface area (Å²) in [7, 11) is 0. The molecule has 0 radical (unpaired) electrons. The Labute approximate surface area is 309 Å². The molecule has 1 nitrogen and oxygen atoms in total. The van der Waals surface area contributed by atoms with Gasteiger partial charge in [-0.1, -0.05) is 159 Å². The third-order valence-corrected chi connectivity index (χ3v) is 12.8. The second kappa shape index (κ2) is 10.1. The Balaban J connectivity index is 1.11. The molecule has 3 aliphatic rings. The van der Waals surface area contributed by atoms with Crippen LogP contribution in [0, 0.1) is 0 Å². The highest BCUT2D eigenvalue weighted by Crippen LogP contribution is 2.64. The average molecular weight is 674 g/mol. The highest BCUT2D eigenvalue weighted by atomic mass is 15.0. The van der Waals surface area contributed by atoms with Crippen molar-refractivity contribution in [3.63, 3.8) is 0 Å². The Morgan fingerprint density at radius 1 is 0.358 bits per heavy atom. The van der Waals surface area contributed by atoms with Gasteiger partial charge in [0.1, 0.15) is 0 Å². The Morgan fingerprint density at radius 2 is 0.906 bits per heavy atom. The van der Waals surface area contributed by atoms with Crippen LogP contribution in [0.15, 0.2) is 176 Å². The first-order valence-electron chi connectivity index (χ1n) is 18.8. The van der Waals surface area contributed by atoms with Gasteiger partial charge < -0.3 is 4.57 Å². The van der Waals surface area contributed by atoms with Crippen LogP contribution < -0.4 is 0 Å². The van der Waals surface area contributed by atoms with Gasteiger partial charge in [-0.15, -0.1) is 0 Å². The largest absolute Gasteiger partial charge is 0.309 e. The lowest BCUT2D eigenvalue weighted by Crippen LogP contribution is -2.25. The van der Waals surface area contributed by atoms with Crippen molar-refractivity contribution in [1.29, 1.82) is 0 Å². The van der Waals surface area contributed by atoms with E-state index in [-0.39, 0.29) is 10.8 Å². The van der Waals surface area contributed by atoms with E-state index in [0.29, 0.717) is 0 Å². The standard InChI is InChI=1S/C52H35N/c1-51(2)42-23-8-3-19-37(42)40-30-41-38-20-7-12-28-48(38)53(49(41)31-47(40)51)33-16-13-15-32(29-33)34-22-14-27-46-50(34)39-21-6-11-26-45(39)52(46)43-24-9-4-17-35(43)36-18-5-10-25-44(36)52/h3-31H,1-2H3. The van der Waals surface area contributed by atoms with Gasteiger partial charge in [0.25, 0.3) is 0 Å². The molecule has 0 saturated carbocycles. The van der Waals surface area contributed by atoms with Crippen molar-refractivity contribution in [3.05, 3.63) is 209 Å². The molecule has 0 aliphatic heterocycles. The van der Waals surface area contributed by atoms with Crippen LogP contribution in [0.1, 0.15) is 47.2 Å². The molecule has 0 atom stereocenters. The van der Waals surface area contributed by atoms with Gasteiger partial charge in [-0.2, -0.15) is 0 Å². The fourth-order valence-electron chi connectivity index (χ4n) is 10.6. The van der Waals surface area contributed by atoms with Gasteiger partial charge in [0.05, 0.1) is 16.4 Å². The third kappa shape index (κ3) is 3.53. The highest BCUT2D eigenvalue weighted by Gasteiger charge is 2.52. The summed E-state index contributed by atoms with van der Waals surface area (Å²) in [5.74, 6) is 0. The van der Waals surface area contributed by atoms with Crippen LogP contribution in [-0.2, 0) is 10.8 Å². The van der Waals surface area contributed by atoms with Gasteiger partial charge in [0.15, 0.2) is 0 Å². The lowest BCUT2D eigenvalue weighted by atomic mass is 9.70. The number of hydrogen-bond acceptors (Lipinski definition) is 0. The number of benzene rings is 8. The minimum absolute atomic E-state index is 0.0747. The summed E-state index contributed by atoms with van der Waals surface area (Å²) in [6.07, 6.45) is 0. The Kier molecular flexibility index (Phi) is 5.57. The molecule has 0 fully saturated rings. The predicted octanol–water partition coefficient (Wildman–Crippen LogP) is 13.1. The van der Waals surface area contributed by atoms with Crippen LogP contribution in [0.25, 0.3) is 72.0 Å². The van der Waals surface area contributed by atoms with Crippen LogP contribution in [-0.4, -0.2) is 4.57 Å². The maximum absolute atomic E-state index is 2.50. The first-order chi connectivity index (χ1) is 26.1. The summed E-state index contributed by atoms with van der Waals surface area (Å²) in [5, 5.41) is 2.58. The van der Waals surface area contributed by atoms with E-state index < -0.39 is 0 Å². The quantitative estimate of drug-likeness (QED) is 0.172. The molecular formula is C52H35N. The lowest BCUT2D eigenvalue weighted by molar-refractivity contribution is 0.661. The van der Waals surface area contributed by atoms with Gasteiger partial charge >= 0.3 is 0 Å². The molecule has 3 aliphatic carbocycles. The van der Waals surface area contributed by atoms with Crippen LogP contribution in [0.4, 0.5) is 0 Å². The van der Waals surface area contributed by atoms with Crippen molar-refractivity contribution in [2.75, 3.05) is 0 Å². The summed E-state index contributed by atoms with van der Waals surface area (Å²) < 4.78 is 2.50. The molecule has 1 aromatic heterocycles. The highest BCUT2D eigenvalue weighted by molar-refractivity contribution is 6.12. The predicted molar refractivity (Wildman–Crippen MR) is 220 cm³/mol. The molecule has 1 heteroatoms. The monoisotopic (exact) mass is 673 g/mol. The maximum Gasteiger partial charge on any atom is 0.0725 e. The van der Waals surface area contributed by atoms with E-state index in [2.05, 4.69) is 194 Å². The molecule has 1 spiro atoms. The molecule has 248 valence electrons. The third-order valence-electron chi connectivity index (χ3n) is 12.8. The topological polar surface area (TPSA) is 4.93 Å². The summed E-state index contributed by atoms with van der Waals surface area (Å²) >= 11 is 0. The van der Waals surface area contributed by atoms with Crippen molar-refractivity contribution < 1.29 is 0 Å². The number of aromatic nitrogens is 1. The summed E-state index contributed by atoms with van der Waals surface area (Å²) in [5.41, 5.74) is 22.1. The Morgan fingerprint density at radius 3 is 1.64 bits per heavy atom. The number of para-hydroxylation sites is 1. The number of rotatable bonds is 2. The fourth-order valence-corrected chi connectivity index (χ4v) is 10.6. The molecular weight excluding hydrogens is 639 g/mol. The average Bonchev–Trinajstić information content (AvgIpc) is 3.88. The van der Waals surface area contributed by atoms with E-state index in [0.717, 1.165) is 0 Å². The molecule has 0 unspecified atom stereocenters. The van der Waals surface area contributed by atoms with Gasteiger partial charge in [0, 0.05) is 21.9 Å². The summed E-state index contributed by atoms with van der Waals surface area (Å²) in [6.45, 7) is 4.75. The summed E-state index contributed by atoms with van der Waals surface area (Å²) in [4.78, 5) is 0. The zero-order valence-electron chi connectivity index (χ0n) is 29.7. The molecule has 9 aromatic rings. The minimum atomic E-state index is -0.357. The van der Waals surface area contributed by atoms with E-state index >= 15 is 0 Å². The Bertz CT molecular complexity index is 3000. The number of nitrogens with zero attached hydrogens (tertiary/aromatic N) is 1. The second-order valence-corrected chi connectivity index (χ2v) is 15.6. The molecule has 0 N–H and O–H groups in total. The minimum Gasteiger partial charge on any atom is -0.309 e. The van der Waals surface area contributed by atoms with E-state index in [1.807, 2.05) is 0 Å². The van der Waals surface area contributed by atoms with E-state index in [1.54, 1.807) is 0 Å². The zero-order valence-corrected chi connectivity index (χ0v) is 29.7. The van der Waals surface area contributed by atoms with Gasteiger partial charge in [-0.3, -0.25) is 0 Å². The van der Waals surface area contributed by atoms with Crippen molar-refractivity contribution in [2.45, 2.75) is 24.7 Å². The number of hydrogen-bond donors (Lipinski definition) is 0. The van der Waals surface area contributed by atoms with Crippen LogP contribution in [0.5, 0.6) is 0 Å². The molecule has 0 bridgehead atoms. The zero-order chi connectivity index (χ0) is 35.1. The maximum atomic E-state index is 2.50. The Hall–Kier alpha value is -6.44. The second-order valence-electron chi connectivity index (χ2n) is 15.6. The van der Waals surface area contributed by atoms with E-state index in [1.165, 1.54) is 105 Å². The smallest absolute Gasteiger partial charge is 0.0725 e. The van der Waals surface area contributed by atoms with Crippen molar-refractivity contribution >= 4 is 21.8 Å². The van der Waals surface area contributed by atoms with Crippen LogP contribution >= 0.6 is 0 Å². The van der Waals surface area contributed by atoms with E-state index in [4.69, 9.17) is 0 Å². The molecule has 0 amide bonds. The molecule has 0 saturated heterocycles. The van der Waals surface area contributed by atoms with Crippen LogP contribution in [0.2, 0.25) is 0 Å². The molecule has 53 heavy (non-hydrogen) atoms. The molecule has 8 aromatic carbocycles. The number of fused-ring (bicyclic) bond motifs is 16. The van der Waals surface area contributed by atoms with E-state index in [9.17, 15) is 0 Å². The molecule has 1 heterocycles. The normalized spacial score (nSPS) is 14.9. The van der Waals surface area contributed by atoms with Gasteiger partial charge in [0.2, 0.25) is 0 Å². The first-order valence-corrected chi connectivity index (χ1v) is 18.8. The molecule has 12 rings (SSSR count). The first kappa shape index (κ1) is 29.2. The van der Waals surface area contributed by atoms with Crippen molar-refractivity contribution in [2.24, 2.45) is 0 Å². The van der Waals surface area contributed by atoms with Crippen LogP contribution in [0.3, 0.4) is 0 Å². The summed E-state index contributed by atoms with van der Waals surface area (Å²) in [6, 6.07) is 66.3. The van der Waals surface area contributed by atoms with Gasteiger partial charge in [-0.05, 0) is 108 Å².